The molecule has 0 heterocycles. The van der Waals surface area contributed by atoms with Gasteiger partial charge in [0.15, 0.2) is 0 Å². The molecule has 0 saturated heterocycles. The molecule has 0 amide bonds. The molecular weight excluding hydrogens is 270 g/mol. The first-order valence-corrected chi connectivity index (χ1v) is 8.07. The molecule has 0 radical (unpaired) electrons. The van der Waals surface area contributed by atoms with Gasteiger partial charge >= 0.3 is 0 Å². The van der Waals surface area contributed by atoms with E-state index in [-0.39, 0.29) is 5.41 Å². The van der Waals surface area contributed by atoms with Crippen molar-refractivity contribution in [2.75, 3.05) is 6.54 Å². The van der Waals surface area contributed by atoms with E-state index >= 15 is 0 Å². The molecular formula is C20H27NO. The van der Waals surface area contributed by atoms with Crippen molar-refractivity contribution < 1.29 is 4.74 Å². The van der Waals surface area contributed by atoms with Gasteiger partial charge in [0.1, 0.15) is 11.5 Å². The fraction of sp³-hybridized carbons (Fsp3) is 0.400. The number of hydrogen-bond acceptors (Lipinski definition) is 2. The zero-order valence-electron chi connectivity index (χ0n) is 14.1. The molecule has 0 aliphatic rings. The summed E-state index contributed by atoms with van der Waals surface area (Å²) < 4.78 is 5.86. The molecule has 118 valence electrons. The molecule has 0 aromatic heterocycles. The van der Waals surface area contributed by atoms with Gasteiger partial charge in [-0.2, -0.15) is 0 Å². The van der Waals surface area contributed by atoms with Crippen molar-refractivity contribution in [3.05, 3.63) is 60.2 Å². The number of ether oxygens (including phenoxy) is 1. The van der Waals surface area contributed by atoms with E-state index in [1.807, 2.05) is 30.3 Å². The van der Waals surface area contributed by atoms with Gasteiger partial charge in [0.05, 0.1) is 0 Å². The van der Waals surface area contributed by atoms with Crippen LogP contribution in [0.25, 0.3) is 0 Å². The van der Waals surface area contributed by atoms with Crippen LogP contribution in [0.5, 0.6) is 11.5 Å². The van der Waals surface area contributed by atoms with Gasteiger partial charge in [0.2, 0.25) is 0 Å². The quantitative estimate of drug-likeness (QED) is 0.753. The van der Waals surface area contributed by atoms with Crippen molar-refractivity contribution in [2.45, 2.75) is 40.2 Å². The largest absolute Gasteiger partial charge is 0.457 e. The van der Waals surface area contributed by atoms with E-state index in [0.717, 1.165) is 24.5 Å². The summed E-state index contributed by atoms with van der Waals surface area (Å²) in [6.45, 7) is 10.0. The molecule has 0 aliphatic heterocycles. The van der Waals surface area contributed by atoms with Crippen molar-refractivity contribution in [3.63, 3.8) is 0 Å². The molecule has 0 saturated carbocycles. The van der Waals surface area contributed by atoms with Crippen molar-refractivity contribution >= 4 is 0 Å². The highest BCUT2D eigenvalue weighted by Gasteiger charge is 2.25. The van der Waals surface area contributed by atoms with Crippen molar-refractivity contribution in [1.82, 2.24) is 5.32 Å². The lowest BCUT2D eigenvalue weighted by Crippen LogP contribution is -2.32. The second-order valence-corrected chi connectivity index (χ2v) is 6.74. The summed E-state index contributed by atoms with van der Waals surface area (Å²) in [5.74, 6) is 1.74. The minimum Gasteiger partial charge on any atom is -0.457 e. The van der Waals surface area contributed by atoms with Crippen LogP contribution in [0.1, 0.15) is 45.7 Å². The first-order valence-electron chi connectivity index (χ1n) is 8.07. The summed E-state index contributed by atoms with van der Waals surface area (Å²) in [7, 11) is 0. The minimum atomic E-state index is 0.178. The third-order valence-corrected chi connectivity index (χ3v) is 3.66. The Morgan fingerprint density at radius 3 is 2.05 bits per heavy atom. The van der Waals surface area contributed by atoms with Gasteiger partial charge in [0, 0.05) is 6.04 Å². The van der Waals surface area contributed by atoms with Crippen LogP contribution in [-0.2, 0) is 0 Å². The molecule has 2 nitrogen and oxygen atoms in total. The molecule has 1 atom stereocenters. The Bertz CT molecular complexity index is 555. The Morgan fingerprint density at radius 1 is 0.909 bits per heavy atom. The molecule has 2 aromatic carbocycles. The predicted molar refractivity (Wildman–Crippen MR) is 93.4 cm³/mol. The van der Waals surface area contributed by atoms with Crippen LogP contribution in [0, 0.1) is 5.41 Å². The van der Waals surface area contributed by atoms with Crippen LogP contribution < -0.4 is 10.1 Å². The van der Waals surface area contributed by atoms with Gasteiger partial charge in [-0.05, 0) is 48.2 Å². The average molecular weight is 297 g/mol. The Hall–Kier alpha value is -1.80. The van der Waals surface area contributed by atoms with Gasteiger partial charge < -0.3 is 10.1 Å². The molecule has 1 N–H and O–H groups in total. The van der Waals surface area contributed by atoms with E-state index in [2.05, 4.69) is 57.3 Å². The van der Waals surface area contributed by atoms with Crippen molar-refractivity contribution in [3.8, 4) is 11.5 Å². The molecule has 1 unspecified atom stereocenters. The van der Waals surface area contributed by atoms with E-state index in [9.17, 15) is 0 Å². The maximum absolute atomic E-state index is 5.86. The Kier molecular flexibility index (Phi) is 5.62. The molecule has 2 rings (SSSR count). The predicted octanol–water partition coefficient (Wildman–Crippen LogP) is 5.57. The van der Waals surface area contributed by atoms with Gasteiger partial charge in [-0.1, -0.05) is 58.0 Å². The number of hydrogen-bond donors (Lipinski definition) is 1. The van der Waals surface area contributed by atoms with Crippen LogP contribution in [0.15, 0.2) is 54.6 Å². The average Bonchev–Trinajstić information content (AvgIpc) is 2.49. The van der Waals surface area contributed by atoms with Gasteiger partial charge in [-0.15, -0.1) is 0 Å². The van der Waals surface area contributed by atoms with Crippen LogP contribution >= 0.6 is 0 Å². The lowest BCUT2D eigenvalue weighted by Gasteiger charge is -2.32. The third-order valence-electron chi connectivity index (χ3n) is 3.66. The highest BCUT2D eigenvalue weighted by atomic mass is 16.5. The number of nitrogens with one attached hydrogen (secondary N) is 1. The zero-order valence-corrected chi connectivity index (χ0v) is 14.1. The maximum Gasteiger partial charge on any atom is 0.127 e. The summed E-state index contributed by atoms with van der Waals surface area (Å²) in [5.41, 5.74) is 1.48. The van der Waals surface area contributed by atoms with E-state index < -0.39 is 0 Å². The topological polar surface area (TPSA) is 21.3 Å². The van der Waals surface area contributed by atoms with Gasteiger partial charge in [0.25, 0.3) is 0 Å². The first kappa shape index (κ1) is 16.6. The Morgan fingerprint density at radius 2 is 1.50 bits per heavy atom. The summed E-state index contributed by atoms with van der Waals surface area (Å²) in [5, 5.41) is 3.65. The molecule has 0 aliphatic carbocycles. The molecule has 2 aromatic rings. The highest BCUT2D eigenvalue weighted by molar-refractivity contribution is 5.34. The lowest BCUT2D eigenvalue weighted by molar-refractivity contribution is 0.273. The highest BCUT2D eigenvalue weighted by Crippen LogP contribution is 2.34. The maximum atomic E-state index is 5.86. The SMILES string of the molecule is CCCNC(c1ccc(Oc2ccccc2)cc1)C(C)(C)C. The van der Waals surface area contributed by atoms with E-state index in [1.165, 1.54) is 5.56 Å². The van der Waals surface area contributed by atoms with Crippen LogP contribution in [0.4, 0.5) is 0 Å². The van der Waals surface area contributed by atoms with Crippen LogP contribution in [-0.4, -0.2) is 6.54 Å². The van der Waals surface area contributed by atoms with E-state index in [0.29, 0.717) is 6.04 Å². The second kappa shape index (κ2) is 7.46. The minimum absolute atomic E-state index is 0.178. The normalized spacial score (nSPS) is 12.9. The number of benzene rings is 2. The fourth-order valence-electron chi connectivity index (χ4n) is 2.57. The van der Waals surface area contributed by atoms with Gasteiger partial charge in [-0.3, -0.25) is 0 Å². The molecule has 2 heteroatoms. The van der Waals surface area contributed by atoms with Gasteiger partial charge in [-0.25, -0.2) is 0 Å². The summed E-state index contributed by atoms with van der Waals surface area (Å²) in [6, 6.07) is 18.7. The lowest BCUT2D eigenvalue weighted by atomic mass is 9.82. The monoisotopic (exact) mass is 297 g/mol. The van der Waals surface area contributed by atoms with Crippen LogP contribution in [0.3, 0.4) is 0 Å². The standard InChI is InChI=1S/C20H27NO/c1-5-15-21-19(20(2,3)4)16-11-13-18(14-12-16)22-17-9-7-6-8-10-17/h6-14,19,21H,5,15H2,1-4H3. The smallest absolute Gasteiger partial charge is 0.127 e. The number of para-hydroxylation sites is 1. The van der Waals surface area contributed by atoms with Crippen molar-refractivity contribution in [1.29, 1.82) is 0 Å². The Labute approximate surface area is 134 Å². The fourth-order valence-corrected chi connectivity index (χ4v) is 2.57. The third kappa shape index (κ3) is 4.60. The molecule has 0 fully saturated rings. The summed E-state index contributed by atoms with van der Waals surface area (Å²) in [4.78, 5) is 0. The Balaban J connectivity index is 2.12. The van der Waals surface area contributed by atoms with Crippen LogP contribution in [0.2, 0.25) is 0 Å². The molecule has 0 spiro atoms. The summed E-state index contributed by atoms with van der Waals surface area (Å²) in [6.07, 6.45) is 1.14. The van der Waals surface area contributed by atoms with E-state index in [1.54, 1.807) is 0 Å². The second-order valence-electron chi connectivity index (χ2n) is 6.74. The van der Waals surface area contributed by atoms with Crippen molar-refractivity contribution in [2.24, 2.45) is 5.41 Å². The van der Waals surface area contributed by atoms with E-state index in [4.69, 9.17) is 4.74 Å². The first-order chi connectivity index (χ1) is 10.5. The zero-order chi connectivity index (χ0) is 16.0. The molecule has 22 heavy (non-hydrogen) atoms. The molecule has 0 bridgehead atoms. The number of rotatable bonds is 6. The summed E-state index contributed by atoms with van der Waals surface area (Å²) >= 11 is 0.